The molecule has 0 spiro atoms. The second-order valence-corrected chi connectivity index (χ2v) is 8.67. The van der Waals surface area contributed by atoms with Gasteiger partial charge in [0.2, 0.25) is 0 Å². The van der Waals surface area contributed by atoms with Crippen LogP contribution in [0.3, 0.4) is 0 Å². The number of H-pyrrole nitrogens is 2. The van der Waals surface area contributed by atoms with Gasteiger partial charge in [0.15, 0.2) is 5.69 Å². The predicted octanol–water partition coefficient (Wildman–Crippen LogP) is 2.25. The summed E-state index contributed by atoms with van der Waals surface area (Å²) in [5, 5.41) is 18.0. The Morgan fingerprint density at radius 2 is 2.13 bits per heavy atom. The van der Waals surface area contributed by atoms with Crippen molar-refractivity contribution >= 4 is 22.7 Å². The number of amides is 2. The Bertz CT molecular complexity index is 1170. The van der Waals surface area contributed by atoms with Crippen molar-refractivity contribution in [3.8, 4) is 0 Å². The number of fused-ring (bicyclic) bond motifs is 2. The maximum Gasteiger partial charge on any atom is 0.274 e. The van der Waals surface area contributed by atoms with Gasteiger partial charge in [-0.3, -0.25) is 14.7 Å². The largest absolute Gasteiger partial charge is 0.394 e. The van der Waals surface area contributed by atoms with Gasteiger partial charge in [0, 0.05) is 42.2 Å². The van der Waals surface area contributed by atoms with Crippen LogP contribution in [0.1, 0.15) is 57.6 Å². The Hall–Kier alpha value is -3.13. The van der Waals surface area contributed by atoms with Gasteiger partial charge < -0.3 is 19.9 Å². The number of likely N-dealkylation sites (N-methyl/N-ethyl adjacent to an activating group) is 1. The van der Waals surface area contributed by atoms with Gasteiger partial charge in [0.25, 0.3) is 11.8 Å². The number of carbonyl (C=O) groups is 2. The lowest BCUT2D eigenvalue weighted by molar-refractivity contribution is 0.0607. The molecule has 3 aromatic rings. The first kappa shape index (κ1) is 19.8. The zero-order valence-electron chi connectivity index (χ0n) is 17.9. The molecule has 0 radical (unpaired) electrons. The first-order valence-corrected chi connectivity index (χ1v) is 10.8. The molecule has 3 heterocycles. The number of nitrogens with zero attached hydrogens (tertiary/aromatic N) is 3. The number of aryl methyl sites for hydroxylation is 1. The fourth-order valence-corrected chi connectivity index (χ4v) is 4.58. The minimum Gasteiger partial charge on any atom is -0.394 e. The molecule has 2 aliphatic rings. The molecule has 1 aliphatic carbocycles. The summed E-state index contributed by atoms with van der Waals surface area (Å²) in [5.41, 5.74) is 4.28. The van der Waals surface area contributed by atoms with E-state index in [1.54, 1.807) is 16.8 Å². The van der Waals surface area contributed by atoms with Crippen LogP contribution in [-0.4, -0.2) is 67.6 Å². The zero-order valence-corrected chi connectivity index (χ0v) is 17.9. The number of aromatic amines is 2. The number of aromatic nitrogens is 3. The maximum atomic E-state index is 13.3. The summed E-state index contributed by atoms with van der Waals surface area (Å²) in [5.74, 6) is -0.289. The van der Waals surface area contributed by atoms with Crippen LogP contribution in [0.15, 0.2) is 24.3 Å². The fourth-order valence-electron chi connectivity index (χ4n) is 4.58. The third-order valence-electron chi connectivity index (χ3n) is 6.93. The van der Waals surface area contributed by atoms with Crippen LogP contribution in [0.5, 0.6) is 0 Å². The van der Waals surface area contributed by atoms with Gasteiger partial charge in [-0.15, -0.1) is 0 Å². The highest BCUT2D eigenvalue weighted by Gasteiger charge is 2.49. The molecule has 2 amide bonds. The Kier molecular flexibility index (Phi) is 4.62. The molecule has 0 saturated heterocycles. The van der Waals surface area contributed by atoms with Gasteiger partial charge in [-0.05, 0) is 37.0 Å². The molecule has 1 aliphatic heterocycles. The third-order valence-corrected chi connectivity index (χ3v) is 6.93. The summed E-state index contributed by atoms with van der Waals surface area (Å²) in [7, 11) is 1.72. The van der Waals surface area contributed by atoms with Crippen molar-refractivity contribution in [3.63, 3.8) is 0 Å². The lowest BCUT2D eigenvalue weighted by Gasteiger charge is -2.29. The average Bonchev–Trinajstić information content (AvgIpc) is 3.29. The molecule has 31 heavy (non-hydrogen) atoms. The smallest absolute Gasteiger partial charge is 0.274 e. The summed E-state index contributed by atoms with van der Waals surface area (Å²) in [6, 6.07) is 7.99. The Labute approximate surface area is 180 Å². The fraction of sp³-hybridized carbons (Fsp3) is 0.435. The van der Waals surface area contributed by atoms with E-state index in [0.29, 0.717) is 30.9 Å². The maximum absolute atomic E-state index is 13.3. The molecule has 2 aromatic heterocycles. The van der Waals surface area contributed by atoms with Crippen LogP contribution < -0.4 is 0 Å². The quantitative estimate of drug-likeness (QED) is 0.588. The van der Waals surface area contributed by atoms with Gasteiger partial charge in [-0.25, -0.2) is 0 Å². The van der Waals surface area contributed by atoms with Crippen LogP contribution >= 0.6 is 0 Å². The highest BCUT2D eigenvalue weighted by Crippen LogP contribution is 2.41. The molecule has 162 valence electrons. The lowest BCUT2D eigenvalue weighted by Crippen LogP contribution is -2.42. The molecule has 0 atom stereocenters. The molecule has 8 heteroatoms. The van der Waals surface area contributed by atoms with Crippen molar-refractivity contribution in [1.82, 2.24) is 25.0 Å². The number of benzene rings is 1. The number of carbonyl (C=O) groups excluding carboxylic acids is 2. The van der Waals surface area contributed by atoms with E-state index in [9.17, 15) is 14.7 Å². The highest BCUT2D eigenvalue weighted by molar-refractivity contribution is 5.99. The minimum absolute atomic E-state index is 0.0490. The number of aliphatic hydroxyl groups is 1. The molecular weight excluding hydrogens is 394 g/mol. The number of aliphatic hydroxyl groups excluding tert-OH is 1. The Balaban J connectivity index is 1.40. The van der Waals surface area contributed by atoms with Crippen molar-refractivity contribution in [2.75, 3.05) is 20.2 Å². The van der Waals surface area contributed by atoms with Crippen LogP contribution in [0.4, 0.5) is 0 Å². The third kappa shape index (κ3) is 3.13. The van der Waals surface area contributed by atoms with E-state index < -0.39 is 5.54 Å². The van der Waals surface area contributed by atoms with Gasteiger partial charge in [-0.2, -0.15) is 5.10 Å². The lowest BCUT2D eigenvalue weighted by atomic mass is 10.0. The number of hydrogen-bond acceptors (Lipinski definition) is 4. The summed E-state index contributed by atoms with van der Waals surface area (Å²) in [6.07, 6.45) is 3.11. The highest BCUT2D eigenvalue weighted by atomic mass is 16.3. The van der Waals surface area contributed by atoms with Gasteiger partial charge >= 0.3 is 0 Å². The van der Waals surface area contributed by atoms with E-state index in [0.717, 1.165) is 41.4 Å². The molecule has 1 aromatic carbocycles. The molecule has 5 rings (SSSR count). The molecule has 0 unspecified atom stereocenters. The minimum atomic E-state index is -0.464. The number of nitrogens with one attached hydrogen (secondary N) is 2. The molecule has 3 N–H and O–H groups in total. The van der Waals surface area contributed by atoms with E-state index in [-0.39, 0.29) is 18.4 Å². The van der Waals surface area contributed by atoms with Crippen LogP contribution in [-0.2, 0) is 19.4 Å². The predicted molar refractivity (Wildman–Crippen MR) is 116 cm³/mol. The summed E-state index contributed by atoms with van der Waals surface area (Å²) < 4.78 is 0. The van der Waals surface area contributed by atoms with Crippen molar-refractivity contribution in [2.24, 2.45) is 0 Å². The van der Waals surface area contributed by atoms with Gasteiger partial charge in [0.05, 0.1) is 18.7 Å². The average molecular weight is 422 g/mol. The molecule has 1 saturated carbocycles. The van der Waals surface area contributed by atoms with Gasteiger partial charge in [0.1, 0.15) is 5.69 Å². The number of hydrogen-bond donors (Lipinski definition) is 3. The van der Waals surface area contributed by atoms with Gasteiger partial charge in [-0.1, -0.05) is 19.1 Å². The van der Waals surface area contributed by atoms with Crippen LogP contribution in [0.2, 0.25) is 0 Å². The zero-order chi connectivity index (χ0) is 21.8. The molecule has 8 nitrogen and oxygen atoms in total. The van der Waals surface area contributed by atoms with Crippen LogP contribution in [0.25, 0.3) is 10.9 Å². The van der Waals surface area contributed by atoms with E-state index in [4.69, 9.17) is 0 Å². The topological polar surface area (TPSA) is 105 Å². The van der Waals surface area contributed by atoms with Crippen LogP contribution in [0, 0.1) is 0 Å². The summed E-state index contributed by atoms with van der Waals surface area (Å²) in [4.78, 5) is 33.0. The van der Waals surface area contributed by atoms with Crippen molar-refractivity contribution in [3.05, 3.63) is 52.5 Å². The van der Waals surface area contributed by atoms with Crippen molar-refractivity contribution in [2.45, 2.75) is 44.7 Å². The second kappa shape index (κ2) is 7.23. The SMILES string of the molecule is CCc1cccc2[nH]c(C(=O)N3CCc4[nH]nc(C(=O)N(C)C5(CO)CC5)c4C3)cc12. The Morgan fingerprint density at radius 1 is 1.32 bits per heavy atom. The second-order valence-electron chi connectivity index (χ2n) is 8.67. The Morgan fingerprint density at radius 3 is 2.84 bits per heavy atom. The molecule has 0 bridgehead atoms. The van der Waals surface area contributed by atoms with Crippen molar-refractivity contribution < 1.29 is 14.7 Å². The van der Waals surface area contributed by atoms with E-state index >= 15 is 0 Å². The van der Waals surface area contributed by atoms with Crippen molar-refractivity contribution in [1.29, 1.82) is 0 Å². The molecular formula is C23H27N5O3. The summed E-state index contributed by atoms with van der Waals surface area (Å²) >= 11 is 0. The first-order valence-electron chi connectivity index (χ1n) is 10.8. The van der Waals surface area contributed by atoms with E-state index in [1.165, 1.54) is 5.56 Å². The van der Waals surface area contributed by atoms with E-state index in [2.05, 4.69) is 28.2 Å². The standard InChI is InChI=1S/C23H27N5O3/c1-3-14-5-4-6-17-15(14)11-19(24-17)21(30)28-10-7-18-16(12-28)20(26-25-18)22(31)27(2)23(13-29)8-9-23/h4-6,11,24,29H,3,7-10,12-13H2,1-2H3,(H,25,26). The van der Waals surface area contributed by atoms with E-state index in [1.807, 2.05) is 18.2 Å². The normalized spacial score (nSPS) is 16.9. The summed E-state index contributed by atoms with van der Waals surface area (Å²) in [6.45, 7) is 2.95. The monoisotopic (exact) mass is 421 g/mol. The number of rotatable bonds is 5. The molecule has 1 fully saturated rings. The first-order chi connectivity index (χ1) is 15.0.